The lowest BCUT2D eigenvalue weighted by Gasteiger charge is -2.33. The molecule has 0 spiro atoms. The number of hydrogen-bond donors (Lipinski definition) is 0. The van der Waals surface area contributed by atoms with Crippen LogP contribution in [0.15, 0.2) is 6.20 Å². The first-order valence-corrected chi connectivity index (χ1v) is 8.69. The van der Waals surface area contributed by atoms with Gasteiger partial charge in [0.15, 0.2) is 0 Å². The maximum Gasteiger partial charge on any atom is 0.222 e. The van der Waals surface area contributed by atoms with Gasteiger partial charge >= 0.3 is 0 Å². The zero-order valence-corrected chi connectivity index (χ0v) is 14.8. The summed E-state index contributed by atoms with van der Waals surface area (Å²) in [7, 11) is 0. The van der Waals surface area contributed by atoms with Crippen LogP contribution in [0.3, 0.4) is 0 Å². The van der Waals surface area contributed by atoms with Crippen LogP contribution in [-0.4, -0.2) is 40.5 Å². The minimum absolute atomic E-state index is 0.266. The number of likely N-dealkylation sites (tertiary alicyclic amines) is 1. The molecule has 1 unspecified atom stereocenters. The zero-order valence-electron chi connectivity index (χ0n) is 14.8. The topological polar surface area (TPSA) is 55.3 Å². The second-order valence-corrected chi connectivity index (χ2v) is 6.74. The molecule has 23 heavy (non-hydrogen) atoms. The van der Waals surface area contributed by atoms with Crippen LogP contribution in [0.2, 0.25) is 0 Å². The monoisotopic (exact) mass is 319 g/mol. The fourth-order valence-electron chi connectivity index (χ4n) is 3.09. The van der Waals surface area contributed by atoms with Gasteiger partial charge in [-0.05, 0) is 32.6 Å². The molecule has 2 heterocycles. The van der Waals surface area contributed by atoms with Crippen molar-refractivity contribution in [3.8, 4) is 0 Å². The van der Waals surface area contributed by atoms with Crippen LogP contribution < -0.4 is 0 Å². The third-order valence-electron chi connectivity index (χ3n) is 4.22. The lowest BCUT2D eigenvalue weighted by Crippen LogP contribution is -2.40. The predicted octanol–water partition coefficient (Wildman–Crippen LogP) is 3.07. The summed E-state index contributed by atoms with van der Waals surface area (Å²) in [4.78, 5) is 23.4. The molecule has 0 N–H and O–H groups in total. The average molecular weight is 319 g/mol. The summed E-state index contributed by atoms with van der Waals surface area (Å²) in [6, 6.07) is 0. The van der Waals surface area contributed by atoms with Gasteiger partial charge in [0.1, 0.15) is 5.82 Å². The number of rotatable bonds is 6. The van der Waals surface area contributed by atoms with E-state index in [1.807, 2.05) is 24.9 Å². The molecule has 0 aliphatic carbocycles. The maximum atomic E-state index is 12.4. The van der Waals surface area contributed by atoms with E-state index in [-0.39, 0.29) is 11.8 Å². The Labute approximate surface area is 139 Å². The molecule has 1 saturated heterocycles. The molecule has 0 bridgehead atoms. The second-order valence-electron chi connectivity index (χ2n) is 6.74. The molecule has 1 aromatic heterocycles. The van der Waals surface area contributed by atoms with Crippen molar-refractivity contribution >= 4 is 5.91 Å². The maximum absolute atomic E-state index is 12.4. The van der Waals surface area contributed by atoms with Crippen molar-refractivity contribution in [3.63, 3.8) is 0 Å². The Balaban J connectivity index is 2.14. The van der Waals surface area contributed by atoms with Crippen LogP contribution in [0.25, 0.3) is 0 Å². The third-order valence-corrected chi connectivity index (χ3v) is 4.22. The molecule has 1 amide bonds. The van der Waals surface area contributed by atoms with Crippen molar-refractivity contribution in [2.45, 2.75) is 59.5 Å². The highest BCUT2D eigenvalue weighted by Crippen LogP contribution is 2.29. The number of aromatic nitrogens is 2. The van der Waals surface area contributed by atoms with E-state index in [1.165, 1.54) is 0 Å². The Morgan fingerprint density at radius 1 is 1.48 bits per heavy atom. The third kappa shape index (κ3) is 4.99. The number of aryl methyl sites for hydroxylation is 1. The molecular formula is C18H29N3O2. The van der Waals surface area contributed by atoms with E-state index < -0.39 is 0 Å². The van der Waals surface area contributed by atoms with Gasteiger partial charge in [-0.3, -0.25) is 4.79 Å². The van der Waals surface area contributed by atoms with Gasteiger partial charge in [-0.2, -0.15) is 0 Å². The van der Waals surface area contributed by atoms with Gasteiger partial charge in [0.05, 0.1) is 12.3 Å². The Hall–Kier alpha value is -1.49. The number of carbonyl (C=O) groups is 1. The molecule has 1 fully saturated rings. The van der Waals surface area contributed by atoms with Crippen molar-refractivity contribution in [2.24, 2.45) is 5.92 Å². The lowest BCUT2D eigenvalue weighted by atomic mass is 9.91. The van der Waals surface area contributed by atoms with Gasteiger partial charge in [-0.15, -0.1) is 0 Å². The molecule has 1 atom stereocenters. The fraction of sp³-hybridized carbons (Fsp3) is 0.722. The molecule has 0 aromatic carbocycles. The van der Waals surface area contributed by atoms with E-state index in [4.69, 9.17) is 4.74 Å². The van der Waals surface area contributed by atoms with Crippen LogP contribution in [0.4, 0.5) is 0 Å². The van der Waals surface area contributed by atoms with Gasteiger partial charge in [-0.25, -0.2) is 9.97 Å². The fourth-order valence-corrected chi connectivity index (χ4v) is 3.09. The highest BCUT2D eigenvalue weighted by atomic mass is 16.5. The SMILES string of the molecule is CCOCc1cnc(C)nc1C1CCCN(C(=O)CC(C)C)C1. The lowest BCUT2D eigenvalue weighted by molar-refractivity contribution is -0.133. The standard InChI is InChI=1S/C18H29N3O2/c1-5-23-12-16-10-19-14(4)20-18(16)15-7-6-8-21(11-15)17(22)9-13(2)3/h10,13,15H,5-9,11-12H2,1-4H3. The summed E-state index contributed by atoms with van der Waals surface area (Å²) in [6.07, 6.45) is 4.61. The second kappa shape index (κ2) is 8.39. The molecule has 2 rings (SSSR count). The first kappa shape index (κ1) is 17.9. The minimum atomic E-state index is 0.266. The van der Waals surface area contributed by atoms with E-state index in [9.17, 15) is 4.79 Å². The van der Waals surface area contributed by atoms with Gasteiger partial charge in [0.2, 0.25) is 5.91 Å². The Kier molecular flexibility index (Phi) is 6.51. The highest BCUT2D eigenvalue weighted by molar-refractivity contribution is 5.76. The quantitative estimate of drug-likeness (QED) is 0.808. The Bertz CT molecular complexity index is 531. The van der Waals surface area contributed by atoms with Gasteiger partial charge in [0, 0.05) is 43.8 Å². The van der Waals surface area contributed by atoms with Crippen molar-refractivity contribution in [2.75, 3.05) is 19.7 Å². The van der Waals surface area contributed by atoms with Crippen LogP contribution >= 0.6 is 0 Å². The number of ether oxygens (including phenoxy) is 1. The van der Waals surface area contributed by atoms with E-state index in [0.717, 1.165) is 43.0 Å². The van der Waals surface area contributed by atoms with E-state index in [1.54, 1.807) is 0 Å². The van der Waals surface area contributed by atoms with Crippen LogP contribution in [0.5, 0.6) is 0 Å². The largest absolute Gasteiger partial charge is 0.377 e. The van der Waals surface area contributed by atoms with Gasteiger partial charge < -0.3 is 9.64 Å². The molecule has 128 valence electrons. The minimum Gasteiger partial charge on any atom is -0.377 e. The summed E-state index contributed by atoms with van der Waals surface area (Å²) < 4.78 is 5.56. The summed E-state index contributed by atoms with van der Waals surface area (Å²) in [5, 5.41) is 0. The van der Waals surface area contributed by atoms with Gasteiger partial charge in [0.25, 0.3) is 0 Å². The number of piperidine rings is 1. The molecule has 1 aliphatic rings. The van der Waals surface area contributed by atoms with Crippen molar-refractivity contribution in [1.29, 1.82) is 0 Å². The number of carbonyl (C=O) groups excluding carboxylic acids is 1. The van der Waals surface area contributed by atoms with E-state index in [2.05, 4.69) is 23.8 Å². The highest BCUT2D eigenvalue weighted by Gasteiger charge is 2.27. The molecule has 1 aromatic rings. The van der Waals surface area contributed by atoms with Crippen LogP contribution in [0, 0.1) is 12.8 Å². The predicted molar refractivity (Wildman–Crippen MR) is 90.1 cm³/mol. The summed E-state index contributed by atoms with van der Waals surface area (Å²) in [5.41, 5.74) is 2.12. The summed E-state index contributed by atoms with van der Waals surface area (Å²) >= 11 is 0. The van der Waals surface area contributed by atoms with Gasteiger partial charge in [-0.1, -0.05) is 13.8 Å². The number of amides is 1. The zero-order chi connectivity index (χ0) is 16.8. The molecule has 5 nitrogen and oxygen atoms in total. The smallest absolute Gasteiger partial charge is 0.222 e. The van der Waals surface area contributed by atoms with E-state index in [0.29, 0.717) is 25.6 Å². The molecule has 5 heteroatoms. The van der Waals surface area contributed by atoms with Crippen LogP contribution in [0.1, 0.15) is 63.0 Å². The Morgan fingerprint density at radius 3 is 2.96 bits per heavy atom. The molecule has 0 saturated carbocycles. The van der Waals surface area contributed by atoms with Crippen molar-refractivity contribution in [1.82, 2.24) is 14.9 Å². The first-order valence-electron chi connectivity index (χ1n) is 8.69. The number of hydrogen-bond acceptors (Lipinski definition) is 4. The summed E-state index contributed by atoms with van der Waals surface area (Å²) in [6.45, 7) is 10.9. The molecular weight excluding hydrogens is 290 g/mol. The van der Waals surface area contributed by atoms with Crippen LogP contribution in [-0.2, 0) is 16.1 Å². The van der Waals surface area contributed by atoms with Crippen molar-refractivity contribution in [3.05, 3.63) is 23.3 Å². The van der Waals surface area contributed by atoms with E-state index >= 15 is 0 Å². The first-order chi connectivity index (χ1) is 11.0. The number of nitrogens with zero attached hydrogens (tertiary/aromatic N) is 3. The summed E-state index contributed by atoms with van der Waals surface area (Å²) in [5.74, 6) is 1.74. The Morgan fingerprint density at radius 2 is 2.26 bits per heavy atom. The van der Waals surface area contributed by atoms with Crippen molar-refractivity contribution < 1.29 is 9.53 Å². The molecule has 1 aliphatic heterocycles. The normalized spacial score (nSPS) is 18.5. The average Bonchev–Trinajstić information content (AvgIpc) is 2.53. The molecule has 0 radical (unpaired) electrons.